The highest BCUT2D eigenvalue weighted by Crippen LogP contribution is 2.19. The van der Waals surface area contributed by atoms with Crippen molar-refractivity contribution >= 4 is 37.8 Å². The molecular weight excluding hydrogens is 300 g/mol. The van der Waals surface area contributed by atoms with Crippen LogP contribution in [0.1, 0.15) is 17.3 Å². The van der Waals surface area contributed by atoms with E-state index in [-0.39, 0.29) is 5.97 Å². The molecule has 2 nitrogen and oxygen atoms in total. The van der Waals surface area contributed by atoms with Crippen LogP contribution in [0.5, 0.6) is 0 Å². The Kier molecular flexibility index (Phi) is 3.93. The molecule has 0 N–H and O–H groups in total. The number of esters is 1. The van der Waals surface area contributed by atoms with E-state index in [0.717, 1.165) is 8.95 Å². The first-order valence-corrected chi connectivity index (χ1v) is 5.27. The van der Waals surface area contributed by atoms with Gasteiger partial charge in [-0.15, -0.1) is 0 Å². The molecule has 0 bridgehead atoms. The summed E-state index contributed by atoms with van der Waals surface area (Å²) in [4.78, 5) is 11.3. The van der Waals surface area contributed by atoms with Crippen molar-refractivity contribution in [1.82, 2.24) is 0 Å². The van der Waals surface area contributed by atoms with Crippen LogP contribution in [0.2, 0.25) is 0 Å². The average molecular weight is 307 g/mol. The number of hydrogen-bond donors (Lipinski definition) is 0. The van der Waals surface area contributed by atoms with Crippen molar-refractivity contribution in [2.75, 3.05) is 6.61 Å². The van der Waals surface area contributed by atoms with Crippen LogP contribution < -0.4 is 0 Å². The number of ether oxygens (including phenoxy) is 1. The summed E-state index contributed by atoms with van der Waals surface area (Å²) in [6.45, 7) is 2.16. The molecule has 1 rings (SSSR count). The largest absolute Gasteiger partial charge is 0.462 e. The van der Waals surface area contributed by atoms with E-state index in [1.165, 1.54) is 0 Å². The van der Waals surface area contributed by atoms with Gasteiger partial charge in [0.2, 0.25) is 0 Å². The van der Waals surface area contributed by atoms with E-state index in [2.05, 4.69) is 37.9 Å². The zero-order chi connectivity index (χ0) is 9.84. The number of halogens is 2. The Bertz CT molecular complexity index is 303. The number of hydrogen-bond acceptors (Lipinski definition) is 2. The fraction of sp³-hybridized carbons (Fsp3) is 0.222. The molecule has 0 aliphatic heterocycles. The number of benzene rings is 1. The highest BCUT2D eigenvalue weighted by Gasteiger charge is 2.07. The second-order valence-electron chi connectivity index (χ2n) is 2.29. The van der Waals surface area contributed by atoms with Crippen LogP contribution in [-0.2, 0) is 4.74 Å². The molecule has 1 aromatic carbocycles. The highest BCUT2D eigenvalue weighted by molar-refractivity contribution is 9.11. The third-order valence-electron chi connectivity index (χ3n) is 1.31. The lowest BCUT2D eigenvalue weighted by atomic mass is 10.2. The molecule has 0 spiro atoms. The minimum Gasteiger partial charge on any atom is -0.462 e. The van der Waals surface area contributed by atoms with Gasteiger partial charge in [-0.1, -0.05) is 31.9 Å². The molecule has 0 fully saturated rings. The highest BCUT2D eigenvalue weighted by atomic mass is 79.9. The van der Waals surface area contributed by atoms with Crippen molar-refractivity contribution in [3.63, 3.8) is 0 Å². The fourth-order valence-electron chi connectivity index (χ4n) is 0.833. The summed E-state index contributed by atoms with van der Waals surface area (Å²) in [7, 11) is 0. The molecular formula is C9H7Br2O2. The molecule has 1 radical (unpaired) electrons. The number of carbonyl (C=O) groups excluding carboxylic acids is 1. The van der Waals surface area contributed by atoms with Crippen molar-refractivity contribution in [2.24, 2.45) is 0 Å². The van der Waals surface area contributed by atoms with Gasteiger partial charge in [0.1, 0.15) is 0 Å². The van der Waals surface area contributed by atoms with Gasteiger partial charge in [0, 0.05) is 15.0 Å². The summed E-state index contributed by atoms with van der Waals surface area (Å²) in [5, 5.41) is 0. The van der Waals surface area contributed by atoms with E-state index in [4.69, 9.17) is 4.74 Å². The Balaban J connectivity index is 2.94. The summed E-state index contributed by atoms with van der Waals surface area (Å²) < 4.78 is 6.30. The van der Waals surface area contributed by atoms with Crippen molar-refractivity contribution in [3.05, 3.63) is 32.7 Å². The maximum absolute atomic E-state index is 11.3. The van der Waals surface area contributed by atoms with E-state index in [1.807, 2.05) is 0 Å². The van der Waals surface area contributed by atoms with Crippen molar-refractivity contribution in [3.8, 4) is 0 Å². The second kappa shape index (κ2) is 4.77. The molecule has 0 aromatic heterocycles. The predicted octanol–water partition coefficient (Wildman–Crippen LogP) is 3.19. The van der Waals surface area contributed by atoms with Crippen LogP contribution in [-0.4, -0.2) is 12.6 Å². The Hall–Kier alpha value is -0.350. The summed E-state index contributed by atoms with van der Waals surface area (Å²) >= 11 is 6.48. The van der Waals surface area contributed by atoms with Gasteiger partial charge in [-0.2, -0.15) is 0 Å². The first-order valence-electron chi connectivity index (χ1n) is 3.69. The van der Waals surface area contributed by atoms with Gasteiger partial charge in [0.05, 0.1) is 12.2 Å². The van der Waals surface area contributed by atoms with Crippen LogP contribution in [0.25, 0.3) is 0 Å². The molecule has 13 heavy (non-hydrogen) atoms. The minimum absolute atomic E-state index is 0.321. The smallest absolute Gasteiger partial charge is 0.338 e. The Morgan fingerprint density at radius 2 is 2.00 bits per heavy atom. The minimum atomic E-state index is -0.321. The van der Waals surface area contributed by atoms with Crippen LogP contribution in [0, 0.1) is 6.07 Å². The zero-order valence-electron chi connectivity index (χ0n) is 6.93. The summed E-state index contributed by atoms with van der Waals surface area (Å²) in [6.07, 6.45) is 0. The normalized spacial score (nSPS) is 9.77. The van der Waals surface area contributed by atoms with Gasteiger partial charge in [-0.3, -0.25) is 0 Å². The van der Waals surface area contributed by atoms with Gasteiger partial charge in [-0.05, 0) is 19.1 Å². The van der Waals surface area contributed by atoms with Crippen molar-refractivity contribution < 1.29 is 9.53 Å². The molecule has 0 saturated carbocycles. The van der Waals surface area contributed by atoms with E-state index in [1.54, 1.807) is 19.1 Å². The van der Waals surface area contributed by atoms with E-state index in [9.17, 15) is 4.79 Å². The first kappa shape index (κ1) is 10.7. The van der Waals surface area contributed by atoms with Gasteiger partial charge in [0.25, 0.3) is 0 Å². The predicted molar refractivity (Wildman–Crippen MR) is 56.6 cm³/mol. The standard InChI is InChI=1S/C9H7Br2O2/c1-2-13-9(12)6-3-7(10)5-8(11)4-6/h3-4H,2H2,1H3. The lowest BCUT2D eigenvalue weighted by molar-refractivity contribution is 0.0526. The maximum atomic E-state index is 11.3. The molecule has 1 aromatic rings. The van der Waals surface area contributed by atoms with Gasteiger partial charge < -0.3 is 4.74 Å². The fourth-order valence-corrected chi connectivity index (χ4v) is 2.02. The van der Waals surface area contributed by atoms with Crippen LogP contribution in [0.4, 0.5) is 0 Å². The molecule has 0 aliphatic carbocycles. The molecule has 0 atom stereocenters. The molecule has 69 valence electrons. The molecule has 0 unspecified atom stereocenters. The van der Waals surface area contributed by atoms with Gasteiger partial charge in [0.15, 0.2) is 0 Å². The van der Waals surface area contributed by atoms with Gasteiger partial charge in [-0.25, -0.2) is 4.79 Å². The SMILES string of the molecule is CCOC(=O)c1cc(Br)[c]c(Br)c1. The third-order valence-corrected chi connectivity index (χ3v) is 2.17. The Morgan fingerprint density at radius 1 is 1.46 bits per heavy atom. The van der Waals surface area contributed by atoms with Crippen molar-refractivity contribution in [1.29, 1.82) is 0 Å². The monoisotopic (exact) mass is 305 g/mol. The molecule has 0 amide bonds. The number of rotatable bonds is 2. The van der Waals surface area contributed by atoms with Crippen LogP contribution >= 0.6 is 31.9 Å². The Labute approximate surface area is 93.5 Å². The molecule has 0 aliphatic rings. The molecule has 0 heterocycles. The lowest BCUT2D eigenvalue weighted by Gasteiger charge is -2.02. The van der Waals surface area contributed by atoms with Gasteiger partial charge >= 0.3 is 5.97 Å². The molecule has 4 heteroatoms. The van der Waals surface area contributed by atoms with Crippen LogP contribution in [0.3, 0.4) is 0 Å². The molecule has 0 saturated heterocycles. The quantitative estimate of drug-likeness (QED) is 0.784. The summed E-state index contributed by atoms with van der Waals surface area (Å²) in [5.41, 5.74) is 0.513. The summed E-state index contributed by atoms with van der Waals surface area (Å²) in [5.74, 6) is -0.321. The van der Waals surface area contributed by atoms with Crippen molar-refractivity contribution in [2.45, 2.75) is 6.92 Å². The van der Waals surface area contributed by atoms with E-state index in [0.29, 0.717) is 12.2 Å². The Morgan fingerprint density at radius 3 is 2.46 bits per heavy atom. The van der Waals surface area contributed by atoms with Crippen LogP contribution in [0.15, 0.2) is 21.1 Å². The summed E-state index contributed by atoms with van der Waals surface area (Å²) in [6, 6.07) is 6.27. The number of carbonyl (C=O) groups is 1. The van der Waals surface area contributed by atoms with E-state index >= 15 is 0 Å². The maximum Gasteiger partial charge on any atom is 0.338 e. The third kappa shape index (κ3) is 3.12. The first-order chi connectivity index (χ1) is 6.13. The lowest BCUT2D eigenvalue weighted by Crippen LogP contribution is -2.04. The zero-order valence-corrected chi connectivity index (χ0v) is 10.1. The van der Waals surface area contributed by atoms with E-state index < -0.39 is 0 Å². The topological polar surface area (TPSA) is 26.3 Å². The second-order valence-corrected chi connectivity index (χ2v) is 3.99. The average Bonchev–Trinajstić information content (AvgIpc) is 2.03.